The van der Waals surface area contributed by atoms with Gasteiger partial charge in [0.1, 0.15) is 11.7 Å². The van der Waals surface area contributed by atoms with Gasteiger partial charge in [0.05, 0.1) is 20.6 Å². The van der Waals surface area contributed by atoms with E-state index in [9.17, 15) is 4.21 Å². The van der Waals surface area contributed by atoms with E-state index < -0.39 is 16.4 Å². The average molecular weight is 368 g/mol. The van der Waals surface area contributed by atoms with Crippen molar-refractivity contribution < 1.29 is 13.7 Å². The molecule has 136 valence electrons. The third kappa shape index (κ3) is 2.77. The summed E-state index contributed by atoms with van der Waals surface area (Å²) < 4.78 is 25.5. The Morgan fingerprint density at radius 1 is 1.15 bits per heavy atom. The highest BCUT2D eigenvalue weighted by Gasteiger charge is 2.51. The molecule has 1 saturated heterocycles. The molecule has 0 radical (unpaired) electrons. The van der Waals surface area contributed by atoms with Crippen LogP contribution in [0, 0.1) is 0 Å². The first-order valence-electron chi connectivity index (χ1n) is 9.18. The van der Waals surface area contributed by atoms with Gasteiger partial charge in [-0.25, -0.2) is 4.21 Å². The lowest BCUT2D eigenvalue weighted by molar-refractivity contribution is -0.0799. The molecular formula is C22H24O3S. The molecule has 0 aliphatic carbocycles. The van der Waals surface area contributed by atoms with Crippen LogP contribution in [0.1, 0.15) is 44.2 Å². The molecule has 2 unspecified atom stereocenters. The normalized spacial score (nSPS) is 28.9. The Bertz CT molecular complexity index is 824. The SMILES string of the molecule is C=C(C)C1OC1OC1(CCCC)c2ccccc2S(=O)c2ccccc21. The molecule has 2 aromatic rings. The third-order valence-electron chi connectivity index (χ3n) is 5.18. The molecule has 2 aromatic carbocycles. The van der Waals surface area contributed by atoms with Crippen molar-refractivity contribution in [3.63, 3.8) is 0 Å². The number of epoxide rings is 1. The highest BCUT2D eigenvalue weighted by Crippen LogP contribution is 2.50. The minimum atomic E-state index is -1.19. The first kappa shape index (κ1) is 17.7. The Balaban J connectivity index is 1.88. The summed E-state index contributed by atoms with van der Waals surface area (Å²) in [6.07, 6.45) is 2.56. The number of fused-ring (bicyclic) bond motifs is 2. The van der Waals surface area contributed by atoms with Gasteiger partial charge in [-0.2, -0.15) is 0 Å². The van der Waals surface area contributed by atoms with Gasteiger partial charge >= 0.3 is 0 Å². The molecule has 4 rings (SSSR count). The van der Waals surface area contributed by atoms with Crippen molar-refractivity contribution in [1.29, 1.82) is 0 Å². The topological polar surface area (TPSA) is 38.8 Å². The maximum absolute atomic E-state index is 13.2. The van der Waals surface area contributed by atoms with E-state index in [-0.39, 0.29) is 12.4 Å². The zero-order chi connectivity index (χ0) is 18.3. The fourth-order valence-electron chi connectivity index (χ4n) is 3.80. The largest absolute Gasteiger partial charge is 0.337 e. The fraction of sp³-hybridized carbons (Fsp3) is 0.364. The first-order chi connectivity index (χ1) is 12.6. The fourth-order valence-corrected chi connectivity index (χ4v) is 5.31. The Morgan fingerprint density at radius 3 is 2.23 bits per heavy atom. The van der Waals surface area contributed by atoms with E-state index in [4.69, 9.17) is 9.47 Å². The average Bonchev–Trinajstić information content (AvgIpc) is 3.43. The van der Waals surface area contributed by atoms with Gasteiger partial charge in [-0.1, -0.05) is 62.7 Å². The van der Waals surface area contributed by atoms with Crippen LogP contribution >= 0.6 is 0 Å². The van der Waals surface area contributed by atoms with Crippen LogP contribution in [-0.4, -0.2) is 16.6 Å². The van der Waals surface area contributed by atoms with Crippen LogP contribution in [0.15, 0.2) is 70.5 Å². The van der Waals surface area contributed by atoms with Gasteiger partial charge in [0.25, 0.3) is 0 Å². The van der Waals surface area contributed by atoms with Gasteiger partial charge in [0, 0.05) is 11.1 Å². The molecule has 4 heteroatoms. The summed E-state index contributed by atoms with van der Waals surface area (Å²) in [7, 11) is -1.19. The molecule has 1 fully saturated rings. The zero-order valence-corrected chi connectivity index (χ0v) is 16.1. The van der Waals surface area contributed by atoms with Crippen molar-refractivity contribution in [3.05, 3.63) is 71.8 Å². The number of hydrogen-bond donors (Lipinski definition) is 0. The highest BCUT2D eigenvalue weighted by molar-refractivity contribution is 7.85. The van der Waals surface area contributed by atoms with Crippen LogP contribution in [0.4, 0.5) is 0 Å². The lowest BCUT2D eigenvalue weighted by atomic mass is 9.81. The number of rotatable bonds is 6. The van der Waals surface area contributed by atoms with Crippen molar-refractivity contribution >= 4 is 10.8 Å². The van der Waals surface area contributed by atoms with E-state index >= 15 is 0 Å². The maximum Gasteiger partial charge on any atom is 0.190 e. The van der Waals surface area contributed by atoms with Crippen molar-refractivity contribution in [2.24, 2.45) is 0 Å². The Kier molecular flexibility index (Phi) is 4.59. The molecule has 0 aromatic heterocycles. The van der Waals surface area contributed by atoms with E-state index in [2.05, 4.69) is 25.6 Å². The van der Waals surface area contributed by atoms with E-state index in [1.165, 1.54) is 0 Å². The summed E-state index contributed by atoms with van der Waals surface area (Å²) in [5.41, 5.74) is 2.34. The smallest absolute Gasteiger partial charge is 0.190 e. The molecule has 2 atom stereocenters. The third-order valence-corrected chi connectivity index (χ3v) is 6.69. The Morgan fingerprint density at radius 2 is 1.73 bits per heavy atom. The second-order valence-corrected chi connectivity index (χ2v) is 8.50. The van der Waals surface area contributed by atoms with Gasteiger partial charge in [-0.05, 0) is 31.1 Å². The van der Waals surface area contributed by atoms with Gasteiger partial charge in [0.2, 0.25) is 0 Å². The van der Waals surface area contributed by atoms with E-state index in [0.717, 1.165) is 45.8 Å². The molecule has 2 aliphatic heterocycles. The number of hydrogen-bond acceptors (Lipinski definition) is 3. The summed E-state index contributed by atoms with van der Waals surface area (Å²) in [4.78, 5) is 1.68. The molecule has 26 heavy (non-hydrogen) atoms. The molecule has 0 saturated carbocycles. The van der Waals surface area contributed by atoms with Crippen LogP contribution in [0.5, 0.6) is 0 Å². The molecule has 0 N–H and O–H groups in total. The van der Waals surface area contributed by atoms with Gasteiger partial charge in [-0.15, -0.1) is 0 Å². The van der Waals surface area contributed by atoms with Crippen molar-refractivity contribution in [3.8, 4) is 0 Å². The predicted molar refractivity (Wildman–Crippen MR) is 102 cm³/mol. The van der Waals surface area contributed by atoms with Crippen LogP contribution in [-0.2, 0) is 25.9 Å². The zero-order valence-electron chi connectivity index (χ0n) is 15.2. The maximum atomic E-state index is 13.2. The van der Waals surface area contributed by atoms with Gasteiger partial charge in [-0.3, -0.25) is 0 Å². The highest BCUT2D eigenvalue weighted by atomic mass is 32.2. The quantitative estimate of drug-likeness (QED) is 0.537. The van der Waals surface area contributed by atoms with E-state index in [0.29, 0.717) is 0 Å². The van der Waals surface area contributed by atoms with Gasteiger partial charge < -0.3 is 9.47 Å². The van der Waals surface area contributed by atoms with Crippen LogP contribution in [0.3, 0.4) is 0 Å². The molecule has 0 bridgehead atoms. The summed E-state index contributed by atoms with van der Waals surface area (Å²) in [5, 5.41) is 0. The van der Waals surface area contributed by atoms with Crippen LogP contribution in [0.25, 0.3) is 0 Å². The number of benzene rings is 2. The van der Waals surface area contributed by atoms with Crippen LogP contribution < -0.4 is 0 Å². The first-order valence-corrected chi connectivity index (χ1v) is 10.3. The number of ether oxygens (including phenoxy) is 2. The van der Waals surface area contributed by atoms with Crippen LogP contribution in [0.2, 0.25) is 0 Å². The lowest BCUT2D eigenvalue weighted by Crippen LogP contribution is -2.38. The summed E-state index contributed by atoms with van der Waals surface area (Å²) in [6, 6.07) is 15.9. The molecule has 2 heterocycles. The predicted octanol–water partition coefficient (Wildman–Crippen LogP) is 4.92. The standard InChI is InChI=1S/C22H24O3S/c1-4-5-14-22(25-21-20(24-21)15(2)3)16-10-6-8-12-18(16)26(23)19-13-9-7-11-17(19)22/h6-13,20-21H,2,4-5,14H2,1,3H3. The Labute approximate surface area is 157 Å². The molecule has 3 nitrogen and oxygen atoms in total. The van der Waals surface area contributed by atoms with Gasteiger partial charge in [0.15, 0.2) is 6.29 Å². The summed E-state index contributed by atoms with van der Waals surface area (Å²) >= 11 is 0. The molecule has 0 amide bonds. The Hall–Kier alpha value is -1.75. The molecule has 0 spiro atoms. The summed E-state index contributed by atoms with van der Waals surface area (Å²) in [6.45, 7) is 8.13. The molecule has 2 aliphatic rings. The minimum absolute atomic E-state index is 0.0553. The lowest BCUT2D eigenvalue weighted by Gasteiger charge is -2.40. The minimum Gasteiger partial charge on any atom is -0.337 e. The summed E-state index contributed by atoms with van der Waals surface area (Å²) in [5.74, 6) is 0. The van der Waals surface area contributed by atoms with Crippen molar-refractivity contribution in [2.75, 3.05) is 0 Å². The second-order valence-electron chi connectivity index (χ2n) is 7.08. The monoisotopic (exact) mass is 368 g/mol. The second kappa shape index (κ2) is 6.76. The van der Waals surface area contributed by atoms with E-state index in [1.54, 1.807) is 0 Å². The molecular weight excluding hydrogens is 344 g/mol. The van der Waals surface area contributed by atoms with Crippen molar-refractivity contribution in [1.82, 2.24) is 0 Å². The number of unbranched alkanes of at least 4 members (excludes halogenated alkanes) is 1. The van der Waals surface area contributed by atoms with Crippen molar-refractivity contribution in [2.45, 2.75) is 60.9 Å². The van der Waals surface area contributed by atoms with E-state index in [1.807, 2.05) is 43.3 Å².